The number of hydrogen-bond acceptors (Lipinski definition) is 5. The quantitative estimate of drug-likeness (QED) is 0.338. The van der Waals surface area contributed by atoms with Gasteiger partial charge < -0.3 is 5.32 Å². The molecule has 0 aliphatic rings. The minimum atomic E-state index is 0.237. The summed E-state index contributed by atoms with van der Waals surface area (Å²) in [6.07, 6.45) is 2.52. The van der Waals surface area contributed by atoms with E-state index in [0.717, 1.165) is 28.5 Å². The van der Waals surface area contributed by atoms with Gasteiger partial charge in [0.1, 0.15) is 6.07 Å². The van der Waals surface area contributed by atoms with Gasteiger partial charge in [-0.2, -0.15) is 10.4 Å². The molecule has 0 radical (unpaired) electrons. The van der Waals surface area contributed by atoms with Crippen molar-refractivity contribution >= 4 is 28.3 Å². The summed E-state index contributed by atoms with van der Waals surface area (Å²) in [5.74, 6) is 0.464. The van der Waals surface area contributed by atoms with Crippen molar-refractivity contribution in [3.05, 3.63) is 95.3 Å². The van der Waals surface area contributed by atoms with Crippen LogP contribution >= 0.6 is 11.6 Å². The molecule has 0 saturated carbocycles. The minimum Gasteiger partial charge on any atom is -0.367 e. The molecule has 0 aliphatic carbocycles. The number of halogens is 1. The van der Waals surface area contributed by atoms with Crippen LogP contribution in [-0.2, 0) is 6.42 Å². The number of H-pyrrole nitrogens is 1. The molecule has 2 aromatic heterocycles. The Balaban J connectivity index is 1.58. The number of aromatic nitrogens is 4. The molecule has 0 unspecified atom stereocenters. The molecule has 3 aromatic carbocycles. The van der Waals surface area contributed by atoms with E-state index in [4.69, 9.17) is 21.6 Å². The highest BCUT2D eigenvalue weighted by molar-refractivity contribution is 6.35. The second-order valence-corrected chi connectivity index (χ2v) is 7.96. The van der Waals surface area contributed by atoms with Crippen LogP contribution in [0.25, 0.3) is 33.4 Å². The lowest BCUT2D eigenvalue weighted by atomic mass is 10.0. The summed E-state index contributed by atoms with van der Waals surface area (Å²) in [5, 5.41) is 21.5. The van der Waals surface area contributed by atoms with E-state index in [-0.39, 0.29) is 5.69 Å². The molecule has 0 atom stereocenters. The monoisotopic (exact) mass is 450 g/mol. The van der Waals surface area contributed by atoms with E-state index in [2.05, 4.69) is 33.7 Å². The number of anilines is 1. The Morgan fingerprint density at radius 1 is 0.909 bits per heavy atom. The molecule has 7 heteroatoms. The highest BCUT2D eigenvalue weighted by Gasteiger charge is 2.18. The third-order valence-electron chi connectivity index (χ3n) is 5.37. The van der Waals surface area contributed by atoms with Gasteiger partial charge in [-0.1, -0.05) is 72.3 Å². The number of benzene rings is 3. The molecule has 5 rings (SSSR count). The molecule has 0 saturated heterocycles. The number of nitriles is 1. The third-order valence-corrected chi connectivity index (χ3v) is 5.67. The molecule has 6 nitrogen and oxygen atoms in total. The van der Waals surface area contributed by atoms with Gasteiger partial charge in [0.2, 0.25) is 0 Å². The fraction of sp³-hybridized carbons (Fsp3) is 0.0769. The van der Waals surface area contributed by atoms with Crippen LogP contribution in [0.2, 0.25) is 5.02 Å². The van der Waals surface area contributed by atoms with E-state index in [0.29, 0.717) is 28.8 Å². The Labute approximate surface area is 195 Å². The van der Waals surface area contributed by atoms with Gasteiger partial charge in [-0.25, -0.2) is 9.97 Å². The molecule has 0 fully saturated rings. The number of fused-ring (bicyclic) bond motifs is 1. The summed E-state index contributed by atoms with van der Waals surface area (Å²) < 4.78 is 0. The van der Waals surface area contributed by atoms with Gasteiger partial charge in [-0.3, -0.25) is 5.10 Å². The van der Waals surface area contributed by atoms with E-state index < -0.39 is 0 Å². The Bertz CT molecular complexity index is 1460. The molecule has 5 aromatic rings. The van der Waals surface area contributed by atoms with Crippen LogP contribution < -0.4 is 5.32 Å². The fourth-order valence-corrected chi connectivity index (χ4v) is 4.02. The fourth-order valence-electron chi connectivity index (χ4n) is 3.76. The SMILES string of the molecule is N#Cc1nc(-c2cc(Cl)c3[nH]ncc3c2)c(-c2ccccc2)nc1NCCc1ccccc1. The molecule has 2 N–H and O–H groups in total. The summed E-state index contributed by atoms with van der Waals surface area (Å²) in [6.45, 7) is 0.633. The Morgan fingerprint density at radius 2 is 1.64 bits per heavy atom. The standard InChI is InChI=1S/C26H19ClN6/c27-21-14-19(13-20-16-30-33-23(20)21)25-24(18-9-5-2-6-10-18)32-26(22(15-28)31-25)29-12-11-17-7-3-1-4-8-17/h1-10,13-14,16H,11-12H2,(H,29,32)(H,30,33). The predicted octanol–water partition coefficient (Wildman–Crippen LogP) is 5.87. The first-order valence-corrected chi connectivity index (χ1v) is 10.9. The van der Waals surface area contributed by atoms with Crippen molar-refractivity contribution in [2.24, 2.45) is 0 Å². The number of nitrogens with one attached hydrogen (secondary N) is 2. The molecule has 33 heavy (non-hydrogen) atoms. The summed E-state index contributed by atoms with van der Waals surface area (Å²) in [5.41, 5.74) is 5.15. The first-order valence-electron chi connectivity index (χ1n) is 10.5. The second kappa shape index (κ2) is 9.11. The maximum atomic E-state index is 9.83. The van der Waals surface area contributed by atoms with Crippen molar-refractivity contribution in [2.75, 3.05) is 11.9 Å². The zero-order valence-corrected chi connectivity index (χ0v) is 18.3. The van der Waals surface area contributed by atoms with Crippen molar-refractivity contribution in [3.63, 3.8) is 0 Å². The van der Waals surface area contributed by atoms with E-state index >= 15 is 0 Å². The summed E-state index contributed by atoms with van der Waals surface area (Å²) in [7, 11) is 0. The van der Waals surface area contributed by atoms with Gasteiger partial charge in [-0.15, -0.1) is 0 Å². The minimum absolute atomic E-state index is 0.237. The Kier molecular flexibility index (Phi) is 5.71. The molecule has 0 aliphatic heterocycles. The lowest BCUT2D eigenvalue weighted by Crippen LogP contribution is -2.10. The van der Waals surface area contributed by atoms with Crippen molar-refractivity contribution < 1.29 is 0 Å². The van der Waals surface area contributed by atoms with Crippen molar-refractivity contribution in [3.8, 4) is 28.6 Å². The molecule has 0 bridgehead atoms. The Morgan fingerprint density at radius 3 is 2.39 bits per heavy atom. The van der Waals surface area contributed by atoms with Gasteiger partial charge in [0.15, 0.2) is 11.5 Å². The highest BCUT2D eigenvalue weighted by atomic mass is 35.5. The average Bonchev–Trinajstić information content (AvgIpc) is 3.34. The van der Waals surface area contributed by atoms with Crippen LogP contribution in [0.4, 0.5) is 5.82 Å². The van der Waals surface area contributed by atoms with Crippen LogP contribution in [0, 0.1) is 11.3 Å². The van der Waals surface area contributed by atoms with Crippen molar-refractivity contribution in [1.29, 1.82) is 5.26 Å². The molecule has 0 spiro atoms. The van der Waals surface area contributed by atoms with E-state index in [9.17, 15) is 5.26 Å². The second-order valence-electron chi connectivity index (χ2n) is 7.55. The number of hydrogen-bond donors (Lipinski definition) is 2. The predicted molar refractivity (Wildman–Crippen MR) is 131 cm³/mol. The zero-order chi connectivity index (χ0) is 22.6. The number of rotatable bonds is 6. The average molecular weight is 451 g/mol. The topological polar surface area (TPSA) is 90.3 Å². The Hall–Kier alpha value is -4.21. The van der Waals surface area contributed by atoms with Gasteiger partial charge >= 0.3 is 0 Å². The smallest absolute Gasteiger partial charge is 0.183 e. The first kappa shape index (κ1) is 20.7. The van der Waals surface area contributed by atoms with E-state index in [1.807, 2.05) is 60.7 Å². The number of nitrogens with zero attached hydrogens (tertiary/aromatic N) is 4. The van der Waals surface area contributed by atoms with E-state index in [1.54, 1.807) is 6.20 Å². The third kappa shape index (κ3) is 4.27. The van der Waals surface area contributed by atoms with Crippen molar-refractivity contribution in [1.82, 2.24) is 20.2 Å². The highest BCUT2D eigenvalue weighted by Crippen LogP contribution is 2.35. The van der Waals surface area contributed by atoms with Crippen LogP contribution in [0.1, 0.15) is 11.3 Å². The van der Waals surface area contributed by atoms with Gasteiger partial charge in [0.05, 0.1) is 28.1 Å². The lowest BCUT2D eigenvalue weighted by molar-refractivity contribution is 0.997. The molecule has 0 amide bonds. The van der Waals surface area contributed by atoms with Crippen molar-refractivity contribution in [2.45, 2.75) is 6.42 Å². The summed E-state index contributed by atoms with van der Waals surface area (Å²) in [4.78, 5) is 9.58. The van der Waals surface area contributed by atoms with Crippen LogP contribution in [0.5, 0.6) is 0 Å². The molecular formula is C26H19ClN6. The van der Waals surface area contributed by atoms with Gasteiger partial charge in [0, 0.05) is 23.1 Å². The van der Waals surface area contributed by atoms with Crippen LogP contribution in [-0.4, -0.2) is 26.7 Å². The van der Waals surface area contributed by atoms with Crippen LogP contribution in [0.15, 0.2) is 79.0 Å². The zero-order valence-electron chi connectivity index (χ0n) is 17.6. The summed E-state index contributed by atoms with van der Waals surface area (Å²) in [6, 6.07) is 25.9. The maximum absolute atomic E-state index is 9.83. The largest absolute Gasteiger partial charge is 0.367 e. The number of aromatic amines is 1. The normalized spacial score (nSPS) is 10.8. The molecule has 2 heterocycles. The van der Waals surface area contributed by atoms with Gasteiger partial charge in [0.25, 0.3) is 0 Å². The molecule has 160 valence electrons. The van der Waals surface area contributed by atoms with Crippen LogP contribution in [0.3, 0.4) is 0 Å². The molecular weight excluding hydrogens is 432 g/mol. The van der Waals surface area contributed by atoms with E-state index in [1.165, 1.54) is 5.56 Å². The van der Waals surface area contributed by atoms with Gasteiger partial charge in [-0.05, 0) is 24.1 Å². The lowest BCUT2D eigenvalue weighted by Gasteiger charge is -2.14. The summed E-state index contributed by atoms with van der Waals surface area (Å²) >= 11 is 6.49. The first-order chi connectivity index (χ1) is 16.2. The maximum Gasteiger partial charge on any atom is 0.183 e.